The van der Waals surface area contributed by atoms with Gasteiger partial charge in [-0.05, 0) is 70.9 Å². The van der Waals surface area contributed by atoms with Gasteiger partial charge in [-0.2, -0.15) is 10.2 Å². The summed E-state index contributed by atoms with van der Waals surface area (Å²) in [5, 5.41) is 7.89. The highest BCUT2D eigenvalue weighted by atomic mass is 19.1. The molecule has 0 aliphatic carbocycles. The molecule has 1 aromatic heterocycles. The summed E-state index contributed by atoms with van der Waals surface area (Å²) in [6.45, 7) is 14.5. The molecule has 2 aromatic rings. The molecule has 33 heavy (non-hydrogen) atoms. The minimum absolute atomic E-state index is 0.131. The molecule has 0 spiro atoms. The zero-order chi connectivity index (χ0) is 23.8. The van der Waals surface area contributed by atoms with Crippen molar-refractivity contribution in [3.8, 4) is 11.3 Å². The van der Waals surface area contributed by atoms with E-state index in [1.165, 1.54) is 0 Å². The van der Waals surface area contributed by atoms with Crippen LogP contribution in [0.3, 0.4) is 0 Å². The van der Waals surface area contributed by atoms with Gasteiger partial charge in [-0.3, -0.25) is 4.99 Å². The van der Waals surface area contributed by atoms with Gasteiger partial charge in [0.1, 0.15) is 5.82 Å². The summed E-state index contributed by atoms with van der Waals surface area (Å²) >= 11 is 0. The predicted molar refractivity (Wildman–Crippen MR) is 132 cm³/mol. The molecule has 0 saturated carbocycles. The topological polar surface area (TPSA) is 57.0 Å². The number of nitrogens with zero attached hydrogens (tertiary/aromatic N) is 6. The van der Waals surface area contributed by atoms with Crippen molar-refractivity contribution in [3.05, 3.63) is 59.3 Å². The Morgan fingerprint density at radius 2 is 2.03 bits per heavy atom. The van der Waals surface area contributed by atoms with E-state index in [-0.39, 0.29) is 17.4 Å². The van der Waals surface area contributed by atoms with Crippen molar-refractivity contribution in [1.82, 2.24) is 20.0 Å². The average Bonchev–Trinajstić information content (AvgIpc) is 3.12. The zero-order valence-electron chi connectivity index (χ0n) is 20.4. The molecule has 0 radical (unpaired) electrons. The van der Waals surface area contributed by atoms with Crippen LogP contribution in [0.5, 0.6) is 0 Å². The number of benzene rings is 1. The lowest BCUT2D eigenvalue weighted by Crippen LogP contribution is -2.52. The van der Waals surface area contributed by atoms with E-state index in [4.69, 9.17) is 9.98 Å². The van der Waals surface area contributed by atoms with E-state index in [9.17, 15) is 4.39 Å². The summed E-state index contributed by atoms with van der Waals surface area (Å²) < 4.78 is 15.0. The number of allylic oxidation sites excluding steroid dienone is 1. The van der Waals surface area contributed by atoms with Crippen LogP contribution >= 0.6 is 0 Å². The summed E-state index contributed by atoms with van der Waals surface area (Å²) in [4.78, 5) is 14.8. The van der Waals surface area contributed by atoms with Crippen LogP contribution in [0.1, 0.15) is 59.9 Å². The van der Waals surface area contributed by atoms with Gasteiger partial charge >= 0.3 is 0 Å². The Morgan fingerprint density at radius 3 is 2.67 bits per heavy atom. The van der Waals surface area contributed by atoms with Gasteiger partial charge in [0.25, 0.3) is 0 Å². The Bertz CT molecular complexity index is 1120. The maximum atomic E-state index is 15.0. The smallest absolute Gasteiger partial charge is 0.202 e. The van der Waals surface area contributed by atoms with Gasteiger partial charge in [-0.1, -0.05) is 19.4 Å². The lowest BCUT2D eigenvalue weighted by Gasteiger charge is -2.42. The van der Waals surface area contributed by atoms with E-state index in [0.717, 1.165) is 54.6 Å². The third-order valence-electron chi connectivity index (χ3n) is 6.34. The van der Waals surface area contributed by atoms with E-state index in [1.807, 2.05) is 13.0 Å². The minimum atomic E-state index is -0.326. The molecule has 0 bridgehead atoms. The number of likely N-dealkylation sites (N-methyl/N-ethyl adjacent to an activating group) is 1. The second kappa shape index (κ2) is 9.04. The molecule has 2 aliphatic rings. The van der Waals surface area contributed by atoms with E-state index in [2.05, 4.69) is 54.6 Å². The maximum Gasteiger partial charge on any atom is 0.202 e. The van der Waals surface area contributed by atoms with Crippen molar-refractivity contribution in [2.75, 3.05) is 13.1 Å². The van der Waals surface area contributed by atoms with Crippen molar-refractivity contribution in [1.29, 1.82) is 0 Å². The molecule has 1 unspecified atom stereocenters. The van der Waals surface area contributed by atoms with Gasteiger partial charge in [0.15, 0.2) is 0 Å². The minimum Gasteiger partial charge on any atom is -0.334 e. The SMILES string of the molecule is CCCC1C(N=C(C)c2ccc(-c3cccnn3)c(F)c2)=C(C)N2CC(C)(C)N=C2N1CC. The molecular formula is C26H33FN6. The lowest BCUT2D eigenvalue weighted by molar-refractivity contribution is 0.273. The Hall–Kier alpha value is -3.09. The number of aromatic nitrogens is 2. The molecule has 3 heterocycles. The van der Waals surface area contributed by atoms with E-state index < -0.39 is 0 Å². The Balaban J connectivity index is 1.74. The van der Waals surface area contributed by atoms with Crippen molar-refractivity contribution in [3.63, 3.8) is 0 Å². The predicted octanol–water partition coefficient (Wildman–Crippen LogP) is 5.28. The number of halogens is 1. The average molecular weight is 449 g/mol. The van der Waals surface area contributed by atoms with Gasteiger partial charge in [0, 0.05) is 29.7 Å². The number of guanidine groups is 1. The van der Waals surface area contributed by atoms with Gasteiger partial charge < -0.3 is 9.80 Å². The molecule has 174 valence electrons. The highest BCUT2D eigenvalue weighted by Gasteiger charge is 2.42. The lowest BCUT2D eigenvalue weighted by atomic mass is 10.0. The molecular weight excluding hydrogens is 415 g/mol. The first-order valence-corrected chi connectivity index (χ1v) is 11.7. The van der Waals surface area contributed by atoms with Crippen LogP contribution in [0.15, 0.2) is 57.9 Å². The van der Waals surface area contributed by atoms with E-state index in [1.54, 1.807) is 30.5 Å². The van der Waals surface area contributed by atoms with Crippen LogP contribution in [-0.4, -0.2) is 56.3 Å². The third kappa shape index (κ3) is 4.41. The molecule has 1 aromatic carbocycles. The standard InChI is InChI=1S/C26H33FN6/c1-7-10-23-24(18(4)33-16-26(5,6)30-25(33)32(23)8-2)29-17(3)19-12-13-20(21(27)15-19)22-11-9-14-28-31-22/h9,11-15,23H,7-8,10,16H2,1-6H3. The zero-order valence-corrected chi connectivity index (χ0v) is 20.4. The second-order valence-electron chi connectivity index (χ2n) is 9.37. The molecule has 2 aliphatic heterocycles. The summed E-state index contributed by atoms with van der Waals surface area (Å²) in [5.74, 6) is 0.724. The molecule has 0 fully saturated rings. The number of fused-ring (bicyclic) bond motifs is 1. The highest BCUT2D eigenvalue weighted by molar-refractivity contribution is 6.00. The number of hydrogen-bond donors (Lipinski definition) is 0. The first-order chi connectivity index (χ1) is 15.8. The summed E-state index contributed by atoms with van der Waals surface area (Å²) in [7, 11) is 0. The fourth-order valence-corrected chi connectivity index (χ4v) is 4.70. The van der Waals surface area contributed by atoms with Crippen molar-refractivity contribution in [2.24, 2.45) is 9.98 Å². The number of rotatable bonds is 6. The Morgan fingerprint density at radius 1 is 1.24 bits per heavy atom. The largest absolute Gasteiger partial charge is 0.334 e. The summed E-state index contributed by atoms with van der Waals surface area (Å²) in [6.07, 6.45) is 3.62. The van der Waals surface area contributed by atoms with Crippen LogP contribution < -0.4 is 0 Å². The quantitative estimate of drug-likeness (QED) is 0.565. The molecule has 6 nitrogen and oxygen atoms in total. The first-order valence-electron chi connectivity index (χ1n) is 11.7. The first kappa shape index (κ1) is 23.1. The van der Waals surface area contributed by atoms with Gasteiger partial charge in [0.2, 0.25) is 5.96 Å². The molecule has 1 atom stereocenters. The van der Waals surface area contributed by atoms with Gasteiger partial charge in [-0.25, -0.2) is 9.38 Å². The molecule has 0 saturated heterocycles. The molecule has 7 heteroatoms. The fourth-order valence-electron chi connectivity index (χ4n) is 4.70. The van der Waals surface area contributed by atoms with E-state index >= 15 is 0 Å². The third-order valence-corrected chi connectivity index (χ3v) is 6.34. The van der Waals surface area contributed by atoms with Gasteiger partial charge in [0.05, 0.1) is 29.5 Å². The van der Waals surface area contributed by atoms with E-state index in [0.29, 0.717) is 11.3 Å². The van der Waals surface area contributed by atoms with Crippen LogP contribution in [-0.2, 0) is 0 Å². The molecule has 0 N–H and O–H groups in total. The van der Waals surface area contributed by atoms with Gasteiger partial charge in [-0.15, -0.1) is 0 Å². The Kier molecular flexibility index (Phi) is 6.32. The number of aliphatic imine (C=N–C) groups is 2. The summed E-state index contributed by atoms with van der Waals surface area (Å²) in [5.41, 5.74) is 4.57. The van der Waals surface area contributed by atoms with Crippen molar-refractivity contribution >= 4 is 11.7 Å². The highest BCUT2D eigenvalue weighted by Crippen LogP contribution is 2.36. The fraction of sp³-hybridized carbons (Fsp3) is 0.462. The summed E-state index contributed by atoms with van der Waals surface area (Å²) in [6, 6.07) is 8.87. The maximum absolute atomic E-state index is 15.0. The Labute approximate surface area is 196 Å². The number of hydrogen-bond acceptors (Lipinski definition) is 6. The molecule has 0 amide bonds. The van der Waals surface area contributed by atoms with Crippen LogP contribution in [0.4, 0.5) is 4.39 Å². The monoisotopic (exact) mass is 448 g/mol. The normalized spacial score (nSPS) is 20.3. The van der Waals surface area contributed by atoms with Crippen LogP contribution in [0.25, 0.3) is 11.3 Å². The van der Waals surface area contributed by atoms with Crippen molar-refractivity contribution in [2.45, 2.75) is 66.0 Å². The molecule has 4 rings (SSSR count). The van der Waals surface area contributed by atoms with Crippen LogP contribution in [0, 0.1) is 5.82 Å². The second-order valence-corrected chi connectivity index (χ2v) is 9.37. The van der Waals surface area contributed by atoms with Crippen LogP contribution in [0.2, 0.25) is 0 Å². The van der Waals surface area contributed by atoms with Crippen molar-refractivity contribution < 1.29 is 4.39 Å².